The molecule has 1 saturated heterocycles. The van der Waals surface area contributed by atoms with Gasteiger partial charge in [-0.2, -0.15) is 0 Å². The Morgan fingerprint density at radius 3 is 2.87 bits per heavy atom. The van der Waals surface area contributed by atoms with Crippen molar-refractivity contribution in [3.05, 3.63) is 35.5 Å². The number of morpholine rings is 1. The van der Waals surface area contributed by atoms with E-state index in [1.165, 1.54) is 5.56 Å². The van der Waals surface area contributed by atoms with Gasteiger partial charge in [-0.15, -0.1) is 0 Å². The molecule has 2 amide bonds. The van der Waals surface area contributed by atoms with Gasteiger partial charge in [0.05, 0.1) is 29.0 Å². The topological polar surface area (TPSA) is 91.4 Å². The molecule has 0 saturated carbocycles. The van der Waals surface area contributed by atoms with E-state index in [9.17, 15) is 4.79 Å². The largest absolute Gasteiger partial charge is 0.377 e. The number of fused-ring (bicyclic) bond motifs is 1. The van der Waals surface area contributed by atoms with Crippen molar-refractivity contribution in [3.63, 3.8) is 0 Å². The first kappa shape index (κ1) is 21.3. The summed E-state index contributed by atoms with van der Waals surface area (Å²) in [5, 5.41) is 9.07. The average molecular weight is 522 g/mol. The van der Waals surface area contributed by atoms with Crippen molar-refractivity contribution >= 4 is 40.1 Å². The number of ether oxygens (including phenoxy) is 1. The summed E-state index contributed by atoms with van der Waals surface area (Å²) < 4.78 is 5.68. The molecule has 2 atom stereocenters. The number of carbonyl (C=O) groups excluding carboxylic acids is 1. The van der Waals surface area contributed by atoms with Gasteiger partial charge in [0.25, 0.3) is 0 Å². The molecule has 2 aliphatic heterocycles. The highest BCUT2D eigenvalue weighted by molar-refractivity contribution is 14.1. The Bertz CT molecular complexity index is 905. The van der Waals surface area contributed by atoms with Gasteiger partial charge in [0.2, 0.25) is 0 Å². The molecule has 30 heavy (non-hydrogen) atoms. The molecular weight excluding hydrogens is 495 g/mol. The molecule has 3 N–H and O–H groups in total. The minimum absolute atomic E-state index is 0.0559. The summed E-state index contributed by atoms with van der Waals surface area (Å²) in [6.45, 7) is 8.06. The Morgan fingerprint density at radius 2 is 2.13 bits per heavy atom. The van der Waals surface area contributed by atoms with E-state index in [0.29, 0.717) is 12.4 Å². The monoisotopic (exact) mass is 522 g/mol. The molecule has 0 aliphatic carbocycles. The Labute approximate surface area is 190 Å². The second kappa shape index (κ2) is 9.44. The van der Waals surface area contributed by atoms with Crippen LogP contribution in [-0.4, -0.2) is 52.4 Å². The summed E-state index contributed by atoms with van der Waals surface area (Å²) in [5.41, 5.74) is 3.97. The first-order valence-electron chi connectivity index (χ1n) is 10.3. The molecule has 3 heterocycles. The van der Waals surface area contributed by atoms with Crippen LogP contribution in [0, 0.1) is 0 Å². The lowest BCUT2D eigenvalue weighted by Crippen LogP contribution is -2.45. The molecule has 2 unspecified atom stereocenters. The van der Waals surface area contributed by atoms with Crippen LogP contribution in [0.1, 0.15) is 25.1 Å². The van der Waals surface area contributed by atoms with E-state index < -0.39 is 0 Å². The second-order valence-corrected chi connectivity index (χ2v) is 9.50. The summed E-state index contributed by atoms with van der Waals surface area (Å²) in [4.78, 5) is 24.1. The van der Waals surface area contributed by atoms with Crippen LogP contribution in [-0.2, 0) is 17.7 Å². The number of carbonyl (C=O) groups is 1. The van der Waals surface area contributed by atoms with Crippen LogP contribution in [0.5, 0.6) is 0 Å². The summed E-state index contributed by atoms with van der Waals surface area (Å²) >= 11 is 2.15. The number of hydrogen-bond donors (Lipinski definition) is 3. The number of rotatable bonds is 4. The molecule has 160 valence electrons. The van der Waals surface area contributed by atoms with Gasteiger partial charge in [-0.1, -0.05) is 22.6 Å². The number of nitrogens with one attached hydrogen (secondary N) is 3. The third-order valence-corrected chi connectivity index (χ3v) is 5.60. The number of benzene rings is 1. The Balaban J connectivity index is 1.62. The van der Waals surface area contributed by atoms with E-state index >= 15 is 0 Å². The van der Waals surface area contributed by atoms with Crippen LogP contribution in [0.15, 0.2) is 24.3 Å². The molecule has 2 aliphatic rings. The first-order chi connectivity index (χ1) is 14.5. The zero-order valence-electron chi connectivity index (χ0n) is 17.2. The number of nitrogens with zero attached hydrogens (tertiary/aromatic N) is 3. The van der Waals surface area contributed by atoms with Gasteiger partial charge >= 0.3 is 6.03 Å². The van der Waals surface area contributed by atoms with Crippen LogP contribution in [0.3, 0.4) is 0 Å². The third-order valence-electron chi connectivity index (χ3n) is 5.29. The number of hydrogen-bond acceptors (Lipinski definition) is 6. The van der Waals surface area contributed by atoms with Gasteiger partial charge in [-0.25, -0.2) is 14.8 Å². The summed E-state index contributed by atoms with van der Waals surface area (Å²) in [6, 6.07) is 7.73. The van der Waals surface area contributed by atoms with E-state index in [-0.39, 0.29) is 16.1 Å². The first-order valence-corrected chi connectivity index (χ1v) is 11.5. The van der Waals surface area contributed by atoms with Crippen molar-refractivity contribution in [3.8, 4) is 11.4 Å². The molecule has 1 aromatic carbocycles. The van der Waals surface area contributed by atoms with Gasteiger partial charge in [-0.3, -0.25) is 0 Å². The quantitative estimate of drug-likeness (QED) is 0.325. The lowest BCUT2D eigenvalue weighted by molar-refractivity contribution is 0.0984. The van der Waals surface area contributed by atoms with E-state index in [2.05, 4.69) is 50.4 Å². The normalized spacial score (nSPS) is 19.7. The Kier molecular flexibility index (Phi) is 6.69. The fraction of sp³-hybridized carbons (Fsp3) is 0.476. The summed E-state index contributed by atoms with van der Waals surface area (Å²) in [6.07, 6.45) is 0.933. The van der Waals surface area contributed by atoms with E-state index in [0.717, 1.165) is 55.4 Å². The van der Waals surface area contributed by atoms with Crippen molar-refractivity contribution in [2.45, 2.75) is 36.9 Å². The SMILES string of the molecule is CC(I)NC(=O)Nc1ccc(-c2nc3c(c(N4CCOCC4C)n2)CCNC3)cc1. The second-order valence-electron chi connectivity index (χ2n) is 7.63. The lowest BCUT2D eigenvalue weighted by Gasteiger charge is -2.36. The molecule has 4 rings (SSSR count). The number of amides is 2. The molecule has 8 nitrogen and oxygen atoms in total. The highest BCUT2D eigenvalue weighted by atomic mass is 127. The lowest BCUT2D eigenvalue weighted by atomic mass is 10.0. The third kappa shape index (κ3) is 4.84. The molecular formula is C21H27IN6O2. The number of urea groups is 1. The molecule has 0 radical (unpaired) electrons. The molecule has 1 fully saturated rings. The highest BCUT2D eigenvalue weighted by Gasteiger charge is 2.27. The van der Waals surface area contributed by atoms with Gasteiger partial charge in [0.1, 0.15) is 5.82 Å². The predicted molar refractivity (Wildman–Crippen MR) is 126 cm³/mol. The number of aromatic nitrogens is 2. The maximum absolute atomic E-state index is 11.9. The predicted octanol–water partition coefficient (Wildman–Crippen LogP) is 2.92. The summed E-state index contributed by atoms with van der Waals surface area (Å²) in [5.74, 6) is 1.74. The van der Waals surface area contributed by atoms with Gasteiger partial charge in [0.15, 0.2) is 5.82 Å². The van der Waals surface area contributed by atoms with E-state index in [1.807, 2.05) is 31.2 Å². The van der Waals surface area contributed by atoms with Gasteiger partial charge < -0.3 is 25.6 Å². The molecule has 0 spiro atoms. The molecule has 0 bridgehead atoms. The maximum Gasteiger partial charge on any atom is 0.320 e. The van der Waals surface area contributed by atoms with Crippen molar-refractivity contribution in [1.29, 1.82) is 0 Å². The van der Waals surface area contributed by atoms with Gasteiger partial charge in [0, 0.05) is 29.9 Å². The van der Waals surface area contributed by atoms with Crippen LogP contribution in [0.4, 0.5) is 16.3 Å². The van der Waals surface area contributed by atoms with Crippen LogP contribution < -0.4 is 20.9 Å². The molecule has 2 aromatic rings. The average Bonchev–Trinajstić information content (AvgIpc) is 2.73. The minimum atomic E-state index is -0.218. The maximum atomic E-state index is 11.9. The fourth-order valence-electron chi connectivity index (χ4n) is 3.80. The van der Waals surface area contributed by atoms with E-state index in [1.54, 1.807) is 0 Å². The van der Waals surface area contributed by atoms with Gasteiger partial charge in [-0.05, 0) is 51.1 Å². The van der Waals surface area contributed by atoms with Crippen LogP contribution >= 0.6 is 22.6 Å². The highest BCUT2D eigenvalue weighted by Crippen LogP contribution is 2.30. The van der Waals surface area contributed by atoms with Crippen molar-refractivity contribution < 1.29 is 9.53 Å². The van der Waals surface area contributed by atoms with Crippen molar-refractivity contribution in [2.24, 2.45) is 0 Å². The number of alkyl halides is 1. The van der Waals surface area contributed by atoms with Crippen molar-refractivity contribution in [1.82, 2.24) is 20.6 Å². The summed E-state index contributed by atoms with van der Waals surface area (Å²) in [7, 11) is 0. The fourth-order valence-corrected chi connectivity index (χ4v) is 4.08. The zero-order valence-corrected chi connectivity index (χ0v) is 19.4. The number of anilines is 2. The molecule has 1 aromatic heterocycles. The van der Waals surface area contributed by atoms with Crippen molar-refractivity contribution in [2.75, 3.05) is 36.5 Å². The zero-order chi connectivity index (χ0) is 21.1. The molecule has 9 heteroatoms. The minimum Gasteiger partial charge on any atom is -0.377 e. The van der Waals surface area contributed by atoms with Crippen LogP contribution in [0.2, 0.25) is 0 Å². The standard InChI is InChI=1S/C21H27IN6O2/c1-13-12-30-10-9-28(13)20-17-7-8-23-11-18(17)26-19(27-20)15-3-5-16(6-4-15)25-21(29)24-14(2)22/h3-6,13-14,23H,7-12H2,1-2H3,(H2,24,25,29). The Morgan fingerprint density at radius 1 is 1.33 bits per heavy atom. The Hall–Kier alpha value is -1.98. The smallest absolute Gasteiger partial charge is 0.320 e. The van der Waals surface area contributed by atoms with E-state index in [4.69, 9.17) is 14.7 Å². The van der Waals surface area contributed by atoms with Crippen LogP contribution in [0.25, 0.3) is 11.4 Å². The number of halogens is 1.